The molecule has 4 rings (SSSR count). The summed E-state index contributed by atoms with van der Waals surface area (Å²) in [5.41, 5.74) is 6.79. The van der Waals surface area contributed by atoms with Crippen molar-refractivity contribution in [3.8, 4) is 16.9 Å². The smallest absolute Gasteiger partial charge is 0.234 e. The van der Waals surface area contributed by atoms with Crippen LogP contribution in [-0.4, -0.2) is 40.2 Å². The van der Waals surface area contributed by atoms with Gasteiger partial charge in [-0.1, -0.05) is 30.3 Å². The van der Waals surface area contributed by atoms with Crippen LogP contribution in [0.2, 0.25) is 0 Å². The zero-order chi connectivity index (χ0) is 18.8. The molecule has 1 amide bonds. The fraction of sp³-hybridized carbons (Fsp3) is 0.273. The zero-order valence-corrected chi connectivity index (χ0v) is 15.8. The lowest BCUT2D eigenvalue weighted by Gasteiger charge is -2.26. The number of nitrogens with one attached hydrogen (secondary N) is 1. The first-order valence-electron chi connectivity index (χ1n) is 9.31. The first-order valence-corrected chi connectivity index (χ1v) is 9.31. The Bertz CT molecular complexity index is 962. The number of para-hydroxylation sites is 1. The molecule has 1 aliphatic rings. The van der Waals surface area contributed by atoms with Crippen LogP contribution in [0.1, 0.15) is 16.7 Å². The van der Waals surface area contributed by atoms with E-state index in [1.165, 1.54) is 11.1 Å². The Balaban J connectivity index is 1.74. The monoisotopic (exact) mass is 360 g/mol. The van der Waals surface area contributed by atoms with Gasteiger partial charge >= 0.3 is 0 Å². The number of nitrogens with zero attached hydrogens (tertiary/aromatic N) is 3. The van der Waals surface area contributed by atoms with Crippen LogP contribution >= 0.6 is 0 Å². The van der Waals surface area contributed by atoms with Crippen LogP contribution in [0, 0.1) is 13.8 Å². The zero-order valence-electron chi connectivity index (χ0n) is 15.8. The van der Waals surface area contributed by atoms with E-state index in [1.54, 1.807) is 0 Å². The summed E-state index contributed by atoms with van der Waals surface area (Å²) in [5, 5.41) is 7.78. The molecule has 0 saturated carbocycles. The number of benzene rings is 2. The van der Waals surface area contributed by atoms with Crippen molar-refractivity contribution in [1.82, 2.24) is 20.0 Å². The molecule has 1 fully saturated rings. The van der Waals surface area contributed by atoms with Crippen LogP contribution in [0.4, 0.5) is 0 Å². The van der Waals surface area contributed by atoms with Crippen LogP contribution in [0.3, 0.4) is 0 Å². The molecule has 138 valence electrons. The van der Waals surface area contributed by atoms with Gasteiger partial charge in [-0.15, -0.1) is 0 Å². The number of carbonyl (C=O) groups is 1. The average Bonchev–Trinajstić information content (AvgIpc) is 3.08. The molecule has 27 heavy (non-hydrogen) atoms. The van der Waals surface area contributed by atoms with Crippen molar-refractivity contribution >= 4 is 5.91 Å². The molecular weight excluding hydrogens is 336 g/mol. The Morgan fingerprint density at radius 2 is 1.89 bits per heavy atom. The van der Waals surface area contributed by atoms with Crippen LogP contribution in [0.5, 0.6) is 0 Å². The highest BCUT2D eigenvalue weighted by Crippen LogP contribution is 2.27. The summed E-state index contributed by atoms with van der Waals surface area (Å²) in [6.07, 6.45) is 2.09. The standard InChI is InChI=1S/C22H24N4O/c1-16-8-9-18(12-17(16)2)22-19(13-25-11-10-23-21(27)15-25)14-26(24-22)20-6-4-3-5-7-20/h3-9,12,14H,10-11,13,15H2,1-2H3,(H,23,27). The maximum atomic E-state index is 11.8. The van der Waals surface area contributed by atoms with E-state index >= 15 is 0 Å². The molecule has 1 aliphatic heterocycles. The number of aryl methyl sites for hydroxylation is 2. The van der Waals surface area contributed by atoms with Crippen molar-refractivity contribution in [1.29, 1.82) is 0 Å². The molecule has 0 spiro atoms. The third kappa shape index (κ3) is 3.78. The van der Waals surface area contributed by atoms with Gasteiger partial charge in [-0.2, -0.15) is 5.10 Å². The molecule has 5 nitrogen and oxygen atoms in total. The number of carbonyl (C=O) groups excluding carboxylic acids is 1. The molecule has 1 aromatic heterocycles. The number of aromatic nitrogens is 2. The summed E-state index contributed by atoms with van der Waals surface area (Å²) in [4.78, 5) is 13.9. The van der Waals surface area contributed by atoms with Gasteiger partial charge in [0.05, 0.1) is 17.9 Å². The van der Waals surface area contributed by atoms with Gasteiger partial charge in [0.25, 0.3) is 0 Å². The van der Waals surface area contributed by atoms with Gasteiger partial charge in [-0.3, -0.25) is 9.69 Å². The van der Waals surface area contributed by atoms with Crippen molar-refractivity contribution in [2.75, 3.05) is 19.6 Å². The minimum absolute atomic E-state index is 0.0874. The number of hydrogen-bond acceptors (Lipinski definition) is 3. The fourth-order valence-electron chi connectivity index (χ4n) is 3.44. The molecular formula is C22H24N4O. The normalized spacial score (nSPS) is 15.0. The van der Waals surface area contributed by atoms with E-state index in [0.717, 1.165) is 29.1 Å². The Labute approximate surface area is 159 Å². The fourth-order valence-corrected chi connectivity index (χ4v) is 3.44. The van der Waals surface area contributed by atoms with Gasteiger partial charge < -0.3 is 5.32 Å². The molecule has 1 saturated heterocycles. The van der Waals surface area contributed by atoms with Gasteiger partial charge in [0, 0.05) is 37.0 Å². The number of rotatable bonds is 4. The van der Waals surface area contributed by atoms with Gasteiger partial charge in [-0.25, -0.2) is 4.68 Å². The third-order valence-corrected chi connectivity index (χ3v) is 5.10. The van der Waals surface area contributed by atoms with Gasteiger partial charge in [0.1, 0.15) is 0 Å². The van der Waals surface area contributed by atoms with E-state index in [4.69, 9.17) is 5.10 Å². The Morgan fingerprint density at radius 3 is 2.63 bits per heavy atom. The summed E-state index contributed by atoms with van der Waals surface area (Å²) >= 11 is 0. The van der Waals surface area contributed by atoms with Crippen LogP contribution in [-0.2, 0) is 11.3 Å². The SMILES string of the molecule is Cc1ccc(-c2nn(-c3ccccc3)cc2CN2CCNC(=O)C2)cc1C. The Hall–Kier alpha value is -2.92. The van der Waals surface area contributed by atoms with E-state index < -0.39 is 0 Å². The molecule has 0 radical (unpaired) electrons. The van der Waals surface area contributed by atoms with Crippen LogP contribution in [0.25, 0.3) is 16.9 Å². The van der Waals surface area contributed by atoms with Gasteiger partial charge in [0.15, 0.2) is 0 Å². The lowest BCUT2D eigenvalue weighted by molar-refractivity contribution is -0.124. The number of hydrogen-bond donors (Lipinski definition) is 1. The average molecular weight is 360 g/mol. The molecule has 0 bridgehead atoms. The lowest BCUT2D eigenvalue weighted by atomic mass is 10.0. The van der Waals surface area contributed by atoms with Crippen molar-refractivity contribution in [2.45, 2.75) is 20.4 Å². The van der Waals surface area contributed by atoms with Crippen molar-refractivity contribution in [3.63, 3.8) is 0 Å². The third-order valence-electron chi connectivity index (χ3n) is 5.10. The molecule has 0 aliphatic carbocycles. The topological polar surface area (TPSA) is 50.2 Å². The van der Waals surface area contributed by atoms with Gasteiger partial charge in [0.2, 0.25) is 5.91 Å². The minimum Gasteiger partial charge on any atom is -0.354 e. The molecule has 1 N–H and O–H groups in total. The highest BCUT2D eigenvalue weighted by Gasteiger charge is 2.20. The largest absolute Gasteiger partial charge is 0.354 e. The predicted molar refractivity (Wildman–Crippen MR) is 107 cm³/mol. The van der Waals surface area contributed by atoms with E-state index in [-0.39, 0.29) is 5.91 Å². The van der Waals surface area contributed by atoms with Crippen LogP contribution in [0.15, 0.2) is 54.7 Å². The van der Waals surface area contributed by atoms with Crippen LogP contribution < -0.4 is 5.32 Å². The van der Waals surface area contributed by atoms with E-state index in [0.29, 0.717) is 19.6 Å². The molecule has 0 unspecified atom stereocenters. The first-order chi connectivity index (χ1) is 13.1. The molecule has 3 aromatic rings. The number of amides is 1. The second-order valence-electron chi connectivity index (χ2n) is 7.14. The highest BCUT2D eigenvalue weighted by molar-refractivity contribution is 5.78. The second kappa shape index (κ2) is 7.37. The van der Waals surface area contributed by atoms with E-state index in [2.05, 4.69) is 60.6 Å². The van der Waals surface area contributed by atoms with Gasteiger partial charge in [-0.05, 0) is 43.2 Å². The van der Waals surface area contributed by atoms with Crippen molar-refractivity contribution < 1.29 is 4.79 Å². The summed E-state index contributed by atoms with van der Waals surface area (Å²) < 4.78 is 1.93. The Kier molecular flexibility index (Phi) is 4.77. The maximum absolute atomic E-state index is 11.8. The lowest BCUT2D eigenvalue weighted by Crippen LogP contribution is -2.47. The molecule has 5 heteroatoms. The van der Waals surface area contributed by atoms with Crippen molar-refractivity contribution in [2.24, 2.45) is 0 Å². The summed E-state index contributed by atoms with van der Waals surface area (Å²) in [7, 11) is 0. The van der Waals surface area contributed by atoms with E-state index in [1.807, 2.05) is 22.9 Å². The summed E-state index contributed by atoms with van der Waals surface area (Å²) in [6.45, 7) is 6.95. The first kappa shape index (κ1) is 17.5. The van der Waals surface area contributed by atoms with Crippen molar-refractivity contribution in [3.05, 3.63) is 71.4 Å². The number of piperazine rings is 1. The molecule has 2 aromatic carbocycles. The Morgan fingerprint density at radius 1 is 1.07 bits per heavy atom. The highest BCUT2D eigenvalue weighted by atomic mass is 16.2. The quantitative estimate of drug-likeness (QED) is 0.778. The second-order valence-corrected chi connectivity index (χ2v) is 7.14. The molecule has 0 atom stereocenters. The summed E-state index contributed by atoms with van der Waals surface area (Å²) in [5.74, 6) is 0.0874. The maximum Gasteiger partial charge on any atom is 0.234 e. The summed E-state index contributed by atoms with van der Waals surface area (Å²) in [6, 6.07) is 16.6. The van der Waals surface area contributed by atoms with E-state index in [9.17, 15) is 4.79 Å². The molecule has 2 heterocycles. The minimum atomic E-state index is 0.0874. The predicted octanol–water partition coefficient (Wildman–Crippen LogP) is 3.09.